The van der Waals surface area contributed by atoms with Crippen molar-refractivity contribution in [3.8, 4) is 0 Å². The average molecular weight is 171 g/mol. The van der Waals surface area contributed by atoms with Crippen molar-refractivity contribution in [3.63, 3.8) is 0 Å². The molecule has 4 nitrogen and oxygen atoms in total. The summed E-state index contributed by atoms with van der Waals surface area (Å²) >= 11 is 0. The highest BCUT2D eigenvalue weighted by atomic mass is 16.2. The number of nitrogens with two attached hydrogens (primary N) is 1. The van der Waals surface area contributed by atoms with Gasteiger partial charge in [0.2, 0.25) is 5.91 Å². The maximum Gasteiger partial charge on any atom is 0.236 e. The molecule has 1 rings (SSSR count). The second kappa shape index (κ2) is 4.42. The lowest BCUT2D eigenvalue weighted by atomic mass is 10.1. The SMILES string of the molecule is C[C@@H](N)C(=O)NCC1CCNC1. The van der Waals surface area contributed by atoms with E-state index >= 15 is 0 Å². The van der Waals surface area contributed by atoms with Crippen molar-refractivity contribution >= 4 is 5.91 Å². The molecule has 1 fully saturated rings. The smallest absolute Gasteiger partial charge is 0.236 e. The summed E-state index contributed by atoms with van der Waals surface area (Å²) in [6.45, 7) is 4.54. The van der Waals surface area contributed by atoms with Gasteiger partial charge in [-0.25, -0.2) is 0 Å². The molecule has 0 aromatic heterocycles. The van der Waals surface area contributed by atoms with E-state index in [0.717, 1.165) is 26.1 Å². The molecule has 0 saturated carbocycles. The lowest BCUT2D eigenvalue weighted by Crippen LogP contribution is -2.40. The molecule has 0 aromatic rings. The third-order valence-corrected chi connectivity index (χ3v) is 2.14. The Hall–Kier alpha value is -0.610. The summed E-state index contributed by atoms with van der Waals surface area (Å²) in [5, 5.41) is 6.06. The minimum absolute atomic E-state index is 0.0538. The van der Waals surface area contributed by atoms with Gasteiger partial charge in [-0.3, -0.25) is 4.79 Å². The molecule has 0 bridgehead atoms. The normalized spacial score (nSPS) is 25.3. The first-order valence-electron chi connectivity index (χ1n) is 4.44. The highest BCUT2D eigenvalue weighted by Gasteiger charge is 2.15. The first-order valence-corrected chi connectivity index (χ1v) is 4.44. The minimum Gasteiger partial charge on any atom is -0.354 e. The minimum atomic E-state index is -0.389. The van der Waals surface area contributed by atoms with E-state index in [9.17, 15) is 4.79 Å². The van der Waals surface area contributed by atoms with Gasteiger partial charge in [0, 0.05) is 6.54 Å². The maximum absolute atomic E-state index is 11.0. The van der Waals surface area contributed by atoms with E-state index in [2.05, 4.69) is 10.6 Å². The maximum atomic E-state index is 11.0. The van der Waals surface area contributed by atoms with Crippen LogP contribution in [0.5, 0.6) is 0 Å². The van der Waals surface area contributed by atoms with Crippen molar-refractivity contribution in [2.75, 3.05) is 19.6 Å². The third-order valence-electron chi connectivity index (χ3n) is 2.14. The summed E-state index contributed by atoms with van der Waals surface area (Å²) < 4.78 is 0. The van der Waals surface area contributed by atoms with E-state index in [1.165, 1.54) is 0 Å². The Labute approximate surface area is 72.9 Å². The van der Waals surface area contributed by atoms with Crippen LogP contribution in [0.2, 0.25) is 0 Å². The summed E-state index contributed by atoms with van der Waals surface area (Å²) in [5.74, 6) is 0.537. The molecule has 4 N–H and O–H groups in total. The first-order chi connectivity index (χ1) is 5.70. The molecule has 1 unspecified atom stereocenters. The Morgan fingerprint density at radius 3 is 3.08 bits per heavy atom. The van der Waals surface area contributed by atoms with Gasteiger partial charge in [0.25, 0.3) is 0 Å². The molecule has 0 aromatic carbocycles. The van der Waals surface area contributed by atoms with Gasteiger partial charge in [0.1, 0.15) is 0 Å². The van der Waals surface area contributed by atoms with Crippen LogP contribution in [0.4, 0.5) is 0 Å². The highest BCUT2D eigenvalue weighted by molar-refractivity contribution is 5.80. The fraction of sp³-hybridized carbons (Fsp3) is 0.875. The standard InChI is InChI=1S/C8H17N3O/c1-6(9)8(12)11-5-7-2-3-10-4-7/h6-7,10H,2-5,9H2,1H3,(H,11,12)/t6-,7?/m1/s1. The Kier molecular flexibility index (Phi) is 3.49. The molecule has 2 atom stereocenters. The van der Waals surface area contributed by atoms with Crippen LogP contribution in [0.3, 0.4) is 0 Å². The second-order valence-corrected chi connectivity index (χ2v) is 3.39. The van der Waals surface area contributed by atoms with Crippen LogP contribution in [-0.4, -0.2) is 31.6 Å². The Bertz CT molecular complexity index is 152. The van der Waals surface area contributed by atoms with Crippen molar-refractivity contribution < 1.29 is 4.79 Å². The van der Waals surface area contributed by atoms with Crippen molar-refractivity contribution in [1.29, 1.82) is 0 Å². The predicted octanol–water partition coefficient (Wildman–Crippen LogP) is -0.941. The van der Waals surface area contributed by atoms with E-state index in [1.807, 2.05) is 0 Å². The van der Waals surface area contributed by atoms with Crippen LogP contribution >= 0.6 is 0 Å². The number of rotatable bonds is 3. The van der Waals surface area contributed by atoms with Crippen molar-refractivity contribution in [3.05, 3.63) is 0 Å². The lowest BCUT2D eigenvalue weighted by molar-refractivity contribution is -0.122. The average Bonchev–Trinajstić information content (AvgIpc) is 2.51. The molecule has 1 amide bonds. The number of carbonyl (C=O) groups excluding carboxylic acids is 1. The van der Waals surface area contributed by atoms with Crippen molar-refractivity contribution in [1.82, 2.24) is 10.6 Å². The van der Waals surface area contributed by atoms with Crippen LogP contribution < -0.4 is 16.4 Å². The molecule has 12 heavy (non-hydrogen) atoms. The number of hydrogen-bond donors (Lipinski definition) is 3. The van der Waals surface area contributed by atoms with Gasteiger partial charge in [0.15, 0.2) is 0 Å². The van der Waals surface area contributed by atoms with Crippen LogP contribution in [0.15, 0.2) is 0 Å². The van der Waals surface area contributed by atoms with Crippen molar-refractivity contribution in [2.45, 2.75) is 19.4 Å². The van der Waals surface area contributed by atoms with E-state index in [0.29, 0.717) is 5.92 Å². The van der Waals surface area contributed by atoms with E-state index in [1.54, 1.807) is 6.92 Å². The van der Waals surface area contributed by atoms with Crippen LogP contribution in [-0.2, 0) is 4.79 Å². The molecule has 1 saturated heterocycles. The van der Waals surface area contributed by atoms with E-state index in [4.69, 9.17) is 5.73 Å². The van der Waals surface area contributed by atoms with E-state index in [-0.39, 0.29) is 11.9 Å². The Balaban J connectivity index is 2.12. The van der Waals surface area contributed by atoms with Gasteiger partial charge >= 0.3 is 0 Å². The van der Waals surface area contributed by atoms with Crippen LogP contribution in [0.25, 0.3) is 0 Å². The van der Waals surface area contributed by atoms with Crippen LogP contribution in [0, 0.1) is 5.92 Å². The molecule has 0 radical (unpaired) electrons. The third kappa shape index (κ3) is 2.79. The Morgan fingerprint density at radius 2 is 2.58 bits per heavy atom. The fourth-order valence-corrected chi connectivity index (χ4v) is 1.29. The summed E-state index contributed by atoms with van der Waals surface area (Å²) in [4.78, 5) is 11.0. The van der Waals surface area contributed by atoms with Gasteiger partial charge in [-0.05, 0) is 32.4 Å². The lowest BCUT2D eigenvalue weighted by Gasteiger charge is -2.11. The summed E-state index contributed by atoms with van der Waals surface area (Å²) in [6.07, 6.45) is 1.15. The van der Waals surface area contributed by atoms with Gasteiger partial charge in [-0.2, -0.15) is 0 Å². The van der Waals surface area contributed by atoms with E-state index < -0.39 is 0 Å². The predicted molar refractivity (Wildman–Crippen MR) is 47.6 cm³/mol. The zero-order valence-electron chi connectivity index (χ0n) is 7.47. The number of amides is 1. The summed E-state index contributed by atoms with van der Waals surface area (Å²) in [5.41, 5.74) is 5.39. The van der Waals surface area contributed by atoms with Crippen LogP contribution in [0.1, 0.15) is 13.3 Å². The summed E-state index contributed by atoms with van der Waals surface area (Å²) in [6, 6.07) is -0.389. The highest BCUT2D eigenvalue weighted by Crippen LogP contribution is 2.04. The van der Waals surface area contributed by atoms with Gasteiger partial charge in [0.05, 0.1) is 6.04 Å². The van der Waals surface area contributed by atoms with Gasteiger partial charge < -0.3 is 16.4 Å². The number of nitrogens with one attached hydrogen (secondary N) is 2. The monoisotopic (exact) mass is 171 g/mol. The zero-order chi connectivity index (χ0) is 8.97. The first kappa shape index (κ1) is 9.48. The molecule has 70 valence electrons. The van der Waals surface area contributed by atoms with Gasteiger partial charge in [-0.1, -0.05) is 0 Å². The molecule has 1 aliphatic heterocycles. The molecule has 1 heterocycles. The molecule has 1 aliphatic rings. The number of carbonyl (C=O) groups is 1. The molecular weight excluding hydrogens is 154 g/mol. The molecule has 4 heteroatoms. The van der Waals surface area contributed by atoms with Gasteiger partial charge in [-0.15, -0.1) is 0 Å². The molecule has 0 spiro atoms. The number of hydrogen-bond acceptors (Lipinski definition) is 3. The Morgan fingerprint density at radius 1 is 1.83 bits per heavy atom. The largest absolute Gasteiger partial charge is 0.354 e. The quantitative estimate of drug-likeness (QED) is 0.513. The molecule has 0 aliphatic carbocycles. The topological polar surface area (TPSA) is 67.2 Å². The summed E-state index contributed by atoms with van der Waals surface area (Å²) in [7, 11) is 0. The zero-order valence-corrected chi connectivity index (χ0v) is 7.47. The van der Waals surface area contributed by atoms with Crippen molar-refractivity contribution in [2.24, 2.45) is 11.7 Å². The fourth-order valence-electron chi connectivity index (χ4n) is 1.29. The second-order valence-electron chi connectivity index (χ2n) is 3.39. The molecular formula is C8H17N3O.